The first-order valence-electron chi connectivity index (χ1n) is 11.9. The van der Waals surface area contributed by atoms with Gasteiger partial charge in [-0.2, -0.15) is 0 Å². The van der Waals surface area contributed by atoms with Crippen molar-refractivity contribution in [3.63, 3.8) is 0 Å². The molecule has 1 aromatic heterocycles. The van der Waals surface area contributed by atoms with Crippen LogP contribution in [-0.4, -0.2) is 21.8 Å². The fourth-order valence-corrected chi connectivity index (χ4v) is 3.91. The van der Waals surface area contributed by atoms with Gasteiger partial charge in [0.1, 0.15) is 5.69 Å². The highest BCUT2D eigenvalue weighted by Crippen LogP contribution is 2.24. The lowest BCUT2D eigenvalue weighted by atomic mass is 9.89. The number of aromatic carboxylic acids is 1. The molecule has 29 heavy (non-hydrogen) atoms. The van der Waals surface area contributed by atoms with Gasteiger partial charge in [-0.3, -0.25) is 4.79 Å². The average molecular weight is 406 g/mol. The molecule has 4 nitrogen and oxygen atoms in total. The third kappa shape index (κ3) is 11.9. The summed E-state index contributed by atoms with van der Waals surface area (Å²) in [6, 6.07) is 3.02. The highest BCUT2D eigenvalue weighted by Gasteiger charge is 2.12. The van der Waals surface area contributed by atoms with Crippen LogP contribution < -0.4 is 0 Å². The van der Waals surface area contributed by atoms with Gasteiger partial charge in [-0.05, 0) is 30.4 Å². The molecule has 4 heteroatoms. The third-order valence-corrected chi connectivity index (χ3v) is 5.85. The zero-order valence-electron chi connectivity index (χ0n) is 19.0. The number of hydrogen-bond donors (Lipinski definition) is 2. The summed E-state index contributed by atoms with van der Waals surface area (Å²) in [6.45, 7) is 6.95. The number of carboxylic acid groups (broad SMARTS) is 1. The van der Waals surface area contributed by atoms with Gasteiger partial charge in [0.2, 0.25) is 0 Å². The van der Waals surface area contributed by atoms with Crippen LogP contribution in [0.25, 0.3) is 0 Å². The second-order valence-electron chi connectivity index (χ2n) is 9.01. The fourth-order valence-electron chi connectivity index (χ4n) is 3.91. The van der Waals surface area contributed by atoms with E-state index in [0.29, 0.717) is 12.1 Å². The van der Waals surface area contributed by atoms with E-state index in [4.69, 9.17) is 5.11 Å². The lowest BCUT2D eigenvalue weighted by Gasteiger charge is -2.17. The van der Waals surface area contributed by atoms with Crippen LogP contribution in [0.3, 0.4) is 0 Å². The number of unbranched alkanes of at least 4 members (excludes halogenated alkanes) is 7. The minimum atomic E-state index is -1.03. The number of carboxylic acids is 1. The maximum Gasteiger partial charge on any atom is 0.352 e. The van der Waals surface area contributed by atoms with E-state index in [1.54, 1.807) is 6.07 Å². The molecule has 0 aliphatic rings. The zero-order valence-corrected chi connectivity index (χ0v) is 19.0. The summed E-state index contributed by atoms with van der Waals surface area (Å²) in [4.78, 5) is 25.6. The van der Waals surface area contributed by atoms with Crippen molar-refractivity contribution < 1.29 is 14.7 Å². The Hall–Kier alpha value is -1.58. The molecule has 0 saturated heterocycles. The van der Waals surface area contributed by atoms with Gasteiger partial charge in [0.25, 0.3) is 0 Å². The molecular formula is C25H43NO3. The summed E-state index contributed by atoms with van der Waals surface area (Å²) in [5, 5.41) is 8.89. The van der Waals surface area contributed by atoms with Crippen molar-refractivity contribution in [1.29, 1.82) is 0 Å². The smallest absolute Gasteiger partial charge is 0.352 e. The number of carbonyl (C=O) groups is 2. The Morgan fingerprint density at radius 1 is 0.828 bits per heavy atom. The van der Waals surface area contributed by atoms with Crippen LogP contribution >= 0.6 is 0 Å². The Kier molecular flexibility index (Phi) is 13.4. The van der Waals surface area contributed by atoms with Gasteiger partial charge in [-0.25, -0.2) is 4.79 Å². The Balaban J connectivity index is 2.05. The first kappa shape index (κ1) is 25.5. The number of aromatic amines is 1. The summed E-state index contributed by atoms with van der Waals surface area (Å²) in [7, 11) is 0. The fraction of sp³-hybridized carbons (Fsp3) is 0.760. The molecule has 0 saturated carbocycles. The maximum atomic E-state index is 12.1. The molecule has 0 fully saturated rings. The van der Waals surface area contributed by atoms with Crippen molar-refractivity contribution in [2.75, 3.05) is 0 Å². The highest BCUT2D eigenvalue weighted by atomic mass is 16.4. The number of H-pyrrole nitrogens is 1. The molecule has 1 unspecified atom stereocenters. The number of ketones is 1. The van der Waals surface area contributed by atoms with Crippen LogP contribution in [0.15, 0.2) is 12.1 Å². The van der Waals surface area contributed by atoms with Crippen molar-refractivity contribution >= 4 is 11.8 Å². The third-order valence-electron chi connectivity index (χ3n) is 5.85. The average Bonchev–Trinajstić information content (AvgIpc) is 3.18. The molecule has 1 rings (SSSR count). The zero-order chi connectivity index (χ0) is 21.5. The second-order valence-corrected chi connectivity index (χ2v) is 9.01. The topological polar surface area (TPSA) is 70.2 Å². The molecule has 1 heterocycles. The molecule has 2 N–H and O–H groups in total. The molecule has 1 atom stereocenters. The van der Waals surface area contributed by atoms with Crippen molar-refractivity contribution in [1.82, 2.24) is 4.98 Å². The van der Waals surface area contributed by atoms with E-state index in [-0.39, 0.29) is 11.5 Å². The number of hydrogen-bond acceptors (Lipinski definition) is 2. The van der Waals surface area contributed by atoms with E-state index < -0.39 is 5.97 Å². The molecule has 1 aromatic rings. The number of aromatic nitrogens is 1. The Bertz CT molecular complexity index is 576. The van der Waals surface area contributed by atoms with Crippen LogP contribution in [0.1, 0.15) is 132 Å². The van der Waals surface area contributed by atoms with Crippen LogP contribution in [0.4, 0.5) is 0 Å². The molecule has 0 spiro atoms. The van der Waals surface area contributed by atoms with Gasteiger partial charge < -0.3 is 10.1 Å². The van der Waals surface area contributed by atoms with Crippen molar-refractivity contribution in [2.24, 2.45) is 11.8 Å². The summed E-state index contributed by atoms with van der Waals surface area (Å²) in [5.41, 5.74) is 0.493. The van der Waals surface area contributed by atoms with Gasteiger partial charge in [0.05, 0.1) is 5.69 Å². The van der Waals surface area contributed by atoms with E-state index in [2.05, 4.69) is 25.8 Å². The summed E-state index contributed by atoms with van der Waals surface area (Å²) in [6.07, 6.45) is 17.2. The maximum absolute atomic E-state index is 12.1. The number of Topliss-reactive ketones (excluding diaryl/α,β-unsaturated/α-hetero) is 1. The lowest BCUT2D eigenvalue weighted by Crippen LogP contribution is -2.03. The largest absolute Gasteiger partial charge is 0.477 e. The number of nitrogens with one attached hydrogen (secondary N) is 1. The summed E-state index contributed by atoms with van der Waals surface area (Å²) >= 11 is 0. The molecule has 0 amide bonds. The quantitative estimate of drug-likeness (QED) is 0.195. The van der Waals surface area contributed by atoms with Crippen molar-refractivity contribution in [2.45, 2.75) is 111 Å². The van der Waals surface area contributed by atoms with Gasteiger partial charge in [-0.1, -0.05) is 97.8 Å². The summed E-state index contributed by atoms with van der Waals surface area (Å²) < 4.78 is 0. The molecule has 0 radical (unpaired) electrons. The van der Waals surface area contributed by atoms with Gasteiger partial charge in [0.15, 0.2) is 5.78 Å². The standard InChI is InChI=1S/C25H43NO3/c1-4-5-13-21(17-16-20(2)3)14-11-9-7-6-8-10-12-15-24(27)22-18-19-23(26-22)25(28)29/h18-21,26H,4-17H2,1-3H3,(H,28,29). The lowest BCUT2D eigenvalue weighted by molar-refractivity contribution is 0.0691. The van der Waals surface area contributed by atoms with Crippen LogP contribution in [-0.2, 0) is 0 Å². The van der Waals surface area contributed by atoms with Crippen molar-refractivity contribution in [3.8, 4) is 0 Å². The van der Waals surface area contributed by atoms with E-state index in [1.807, 2.05) is 0 Å². The minimum Gasteiger partial charge on any atom is -0.477 e. The van der Waals surface area contributed by atoms with Crippen LogP contribution in [0, 0.1) is 11.8 Å². The predicted molar refractivity (Wildman–Crippen MR) is 121 cm³/mol. The molecule has 0 aliphatic carbocycles. The molecular weight excluding hydrogens is 362 g/mol. The van der Waals surface area contributed by atoms with Gasteiger partial charge >= 0.3 is 5.97 Å². The predicted octanol–water partition coefficient (Wildman–Crippen LogP) is 7.65. The molecule has 166 valence electrons. The van der Waals surface area contributed by atoms with E-state index in [9.17, 15) is 9.59 Å². The molecule has 0 aliphatic heterocycles. The van der Waals surface area contributed by atoms with E-state index in [1.165, 1.54) is 76.7 Å². The Labute approximate surface area is 177 Å². The van der Waals surface area contributed by atoms with E-state index in [0.717, 1.165) is 24.7 Å². The first-order chi connectivity index (χ1) is 13.9. The Morgan fingerprint density at radius 2 is 1.41 bits per heavy atom. The molecule has 0 aromatic carbocycles. The normalized spacial score (nSPS) is 12.4. The minimum absolute atomic E-state index is 0.0111. The second kappa shape index (κ2) is 15.3. The Morgan fingerprint density at radius 3 is 2.00 bits per heavy atom. The van der Waals surface area contributed by atoms with Crippen molar-refractivity contribution in [3.05, 3.63) is 23.5 Å². The monoisotopic (exact) mass is 405 g/mol. The SMILES string of the molecule is CCCCC(CCCCCCCCCC(=O)c1ccc(C(=O)O)[nH]1)CCC(C)C. The van der Waals surface area contributed by atoms with Gasteiger partial charge in [-0.15, -0.1) is 0 Å². The summed E-state index contributed by atoms with van der Waals surface area (Å²) in [5.74, 6) is 0.734. The molecule has 0 bridgehead atoms. The highest BCUT2D eigenvalue weighted by molar-refractivity contribution is 5.96. The number of carbonyl (C=O) groups excluding carboxylic acids is 1. The van der Waals surface area contributed by atoms with Gasteiger partial charge in [0, 0.05) is 6.42 Å². The first-order valence-corrected chi connectivity index (χ1v) is 11.9. The number of rotatable bonds is 18. The van der Waals surface area contributed by atoms with Crippen LogP contribution in [0.2, 0.25) is 0 Å². The van der Waals surface area contributed by atoms with E-state index >= 15 is 0 Å². The van der Waals surface area contributed by atoms with Crippen LogP contribution in [0.5, 0.6) is 0 Å².